The minimum absolute atomic E-state index is 0.107. The van der Waals surface area contributed by atoms with Gasteiger partial charge in [0.15, 0.2) is 0 Å². The van der Waals surface area contributed by atoms with Crippen LogP contribution in [0.3, 0.4) is 0 Å². The lowest BCUT2D eigenvalue weighted by atomic mass is 9.99. The zero-order valence-corrected chi connectivity index (χ0v) is 18.9. The van der Waals surface area contributed by atoms with Crippen LogP contribution in [0.1, 0.15) is 11.1 Å². The summed E-state index contributed by atoms with van der Waals surface area (Å²) in [6, 6.07) is 27.2. The molecule has 0 spiro atoms. The van der Waals surface area contributed by atoms with Crippen molar-refractivity contribution >= 4 is 11.8 Å². The van der Waals surface area contributed by atoms with E-state index >= 15 is 0 Å². The van der Waals surface area contributed by atoms with Crippen LogP contribution < -0.4 is 10.6 Å². The van der Waals surface area contributed by atoms with Crippen LogP contribution in [0.25, 0.3) is 11.1 Å². The van der Waals surface area contributed by atoms with Crippen molar-refractivity contribution in [3.63, 3.8) is 0 Å². The van der Waals surface area contributed by atoms with Crippen LogP contribution in [0.4, 0.5) is 0 Å². The largest absolute Gasteiger partial charge is 0.357 e. The molecule has 0 aliphatic rings. The molecule has 0 bridgehead atoms. The molecule has 0 saturated heterocycles. The quantitative estimate of drug-likeness (QED) is 0.549. The molecule has 32 heavy (non-hydrogen) atoms. The molecule has 0 aromatic heterocycles. The number of nitrogens with zero attached hydrogens (tertiary/aromatic N) is 1. The van der Waals surface area contributed by atoms with Crippen molar-refractivity contribution in [1.29, 1.82) is 0 Å². The number of nitrogens with one attached hydrogen (secondary N) is 2. The first kappa shape index (κ1) is 23.2. The predicted octanol–water partition coefficient (Wildman–Crippen LogP) is 3.30. The van der Waals surface area contributed by atoms with Crippen LogP contribution in [-0.4, -0.2) is 49.9 Å². The standard InChI is InChI=1S/C27H31N3O2/c1-28-24(18-21-14-16-23(17-15-21)22-12-8-5-9-13-22)27(32)30(3)25(26(31)29-2)19-20-10-6-4-7-11-20/h4-17,24-25,28H,18-19H2,1-3H3,(H,29,31)/t24?,25-/m1/s1. The monoisotopic (exact) mass is 429 g/mol. The Morgan fingerprint density at radius 1 is 0.750 bits per heavy atom. The fourth-order valence-corrected chi connectivity index (χ4v) is 3.82. The van der Waals surface area contributed by atoms with Gasteiger partial charge >= 0.3 is 0 Å². The highest BCUT2D eigenvalue weighted by Crippen LogP contribution is 2.20. The molecule has 0 heterocycles. The summed E-state index contributed by atoms with van der Waals surface area (Å²) in [5.74, 6) is -0.282. The van der Waals surface area contributed by atoms with E-state index in [1.54, 1.807) is 26.0 Å². The van der Waals surface area contributed by atoms with Gasteiger partial charge in [0, 0.05) is 20.5 Å². The number of benzene rings is 3. The first-order valence-corrected chi connectivity index (χ1v) is 10.9. The lowest BCUT2D eigenvalue weighted by Gasteiger charge is -2.30. The fourth-order valence-electron chi connectivity index (χ4n) is 3.82. The van der Waals surface area contributed by atoms with Gasteiger partial charge in [-0.05, 0) is 35.7 Å². The van der Waals surface area contributed by atoms with Gasteiger partial charge in [-0.15, -0.1) is 0 Å². The first-order chi connectivity index (χ1) is 15.5. The molecule has 0 fully saturated rings. The third-order valence-electron chi connectivity index (χ3n) is 5.78. The summed E-state index contributed by atoms with van der Waals surface area (Å²) in [6.07, 6.45) is 1.01. The molecule has 1 unspecified atom stereocenters. The Balaban J connectivity index is 1.72. The molecule has 3 rings (SSSR count). The lowest BCUT2D eigenvalue weighted by molar-refractivity contribution is -0.140. The normalized spacial score (nSPS) is 12.6. The highest BCUT2D eigenvalue weighted by Gasteiger charge is 2.30. The van der Waals surface area contributed by atoms with Gasteiger partial charge in [-0.25, -0.2) is 0 Å². The number of hydrogen-bond acceptors (Lipinski definition) is 3. The second-order valence-electron chi connectivity index (χ2n) is 7.88. The molecule has 0 saturated carbocycles. The smallest absolute Gasteiger partial charge is 0.242 e. The molecule has 0 aliphatic heterocycles. The highest BCUT2D eigenvalue weighted by atomic mass is 16.2. The van der Waals surface area contributed by atoms with Gasteiger partial charge in [0.25, 0.3) is 0 Å². The van der Waals surface area contributed by atoms with Crippen molar-refractivity contribution in [2.75, 3.05) is 21.1 Å². The van der Waals surface area contributed by atoms with Crippen LogP contribution in [0.2, 0.25) is 0 Å². The molecule has 166 valence electrons. The Labute approximate surface area is 190 Å². The van der Waals surface area contributed by atoms with Gasteiger partial charge in [-0.1, -0.05) is 84.9 Å². The van der Waals surface area contributed by atoms with Crippen molar-refractivity contribution in [1.82, 2.24) is 15.5 Å². The number of amides is 2. The zero-order chi connectivity index (χ0) is 22.9. The summed E-state index contributed by atoms with van der Waals surface area (Å²) < 4.78 is 0. The van der Waals surface area contributed by atoms with Gasteiger partial charge in [0.2, 0.25) is 11.8 Å². The van der Waals surface area contributed by atoms with Crippen molar-refractivity contribution < 1.29 is 9.59 Å². The van der Waals surface area contributed by atoms with E-state index in [0.717, 1.165) is 22.3 Å². The maximum absolute atomic E-state index is 13.3. The molecule has 5 nitrogen and oxygen atoms in total. The van der Waals surface area contributed by atoms with Gasteiger partial charge in [-0.2, -0.15) is 0 Å². The molecule has 5 heteroatoms. The number of carbonyl (C=O) groups excluding carboxylic acids is 2. The van der Waals surface area contributed by atoms with E-state index in [-0.39, 0.29) is 11.8 Å². The summed E-state index contributed by atoms with van der Waals surface area (Å²) in [4.78, 5) is 27.4. The van der Waals surface area contributed by atoms with Gasteiger partial charge < -0.3 is 15.5 Å². The van der Waals surface area contributed by atoms with E-state index in [1.165, 1.54) is 0 Å². The molecule has 2 atom stereocenters. The molecular weight excluding hydrogens is 398 g/mol. The first-order valence-electron chi connectivity index (χ1n) is 10.9. The maximum atomic E-state index is 13.3. The molecule has 3 aromatic rings. The Kier molecular flexibility index (Phi) is 8.17. The topological polar surface area (TPSA) is 61.4 Å². The molecule has 2 amide bonds. The predicted molar refractivity (Wildman–Crippen MR) is 129 cm³/mol. The van der Waals surface area contributed by atoms with E-state index in [1.807, 2.05) is 48.5 Å². The average Bonchev–Trinajstić information content (AvgIpc) is 2.86. The Morgan fingerprint density at radius 3 is 1.84 bits per heavy atom. The van der Waals surface area contributed by atoms with Crippen molar-refractivity contribution in [3.8, 4) is 11.1 Å². The SMILES string of the molecule is CNC(=O)[C@@H](Cc1ccccc1)N(C)C(=O)C(Cc1ccc(-c2ccccc2)cc1)NC. The van der Waals surface area contributed by atoms with Crippen LogP contribution in [0, 0.1) is 0 Å². The summed E-state index contributed by atoms with van der Waals surface area (Å²) in [6.45, 7) is 0. The number of likely N-dealkylation sites (N-methyl/N-ethyl adjacent to an activating group) is 3. The van der Waals surface area contributed by atoms with Crippen LogP contribution in [0.15, 0.2) is 84.9 Å². The third kappa shape index (κ3) is 5.83. The van der Waals surface area contributed by atoms with Gasteiger partial charge in [0.1, 0.15) is 6.04 Å². The minimum atomic E-state index is -0.578. The Morgan fingerprint density at radius 2 is 1.28 bits per heavy atom. The summed E-state index contributed by atoms with van der Waals surface area (Å²) in [7, 11) is 5.08. The van der Waals surface area contributed by atoms with E-state index in [0.29, 0.717) is 12.8 Å². The second-order valence-corrected chi connectivity index (χ2v) is 7.88. The molecular formula is C27H31N3O2. The molecule has 0 radical (unpaired) electrons. The van der Waals surface area contributed by atoms with Crippen LogP contribution in [-0.2, 0) is 22.4 Å². The maximum Gasteiger partial charge on any atom is 0.242 e. The van der Waals surface area contributed by atoms with E-state index < -0.39 is 12.1 Å². The molecule has 0 aliphatic carbocycles. The lowest BCUT2D eigenvalue weighted by Crippen LogP contribution is -2.53. The second kappa shape index (κ2) is 11.3. The van der Waals surface area contributed by atoms with Gasteiger partial charge in [-0.3, -0.25) is 9.59 Å². The fraction of sp³-hybridized carbons (Fsp3) is 0.259. The van der Waals surface area contributed by atoms with E-state index in [4.69, 9.17) is 0 Å². The van der Waals surface area contributed by atoms with Crippen LogP contribution in [0.5, 0.6) is 0 Å². The van der Waals surface area contributed by atoms with Crippen molar-refractivity contribution in [2.24, 2.45) is 0 Å². The molecule has 3 aromatic carbocycles. The van der Waals surface area contributed by atoms with Crippen molar-refractivity contribution in [2.45, 2.75) is 24.9 Å². The van der Waals surface area contributed by atoms with E-state index in [9.17, 15) is 9.59 Å². The Bertz CT molecular complexity index is 1000. The third-order valence-corrected chi connectivity index (χ3v) is 5.78. The zero-order valence-electron chi connectivity index (χ0n) is 18.9. The number of rotatable bonds is 9. The highest BCUT2D eigenvalue weighted by molar-refractivity contribution is 5.90. The average molecular weight is 430 g/mol. The van der Waals surface area contributed by atoms with Crippen LogP contribution >= 0.6 is 0 Å². The Hall–Kier alpha value is -3.44. The molecule has 2 N–H and O–H groups in total. The summed E-state index contributed by atoms with van der Waals surface area (Å²) in [5, 5.41) is 5.83. The minimum Gasteiger partial charge on any atom is -0.357 e. The van der Waals surface area contributed by atoms with E-state index in [2.05, 4.69) is 47.0 Å². The van der Waals surface area contributed by atoms with Gasteiger partial charge in [0.05, 0.1) is 6.04 Å². The summed E-state index contributed by atoms with van der Waals surface area (Å²) in [5.41, 5.74) is 4.37. The summed E-state index contributed by atoms with van der Waals surface area (Å²) >= 11 is 0. The number of carbonyl (C=O) groups is 2. The number of hydrogen-bond donors (Lipinski definition) is 2. The van der Waals surface area contributed by atoms with Crippen molar-refractivity contribution in [3.05, 3.63) is 96.1 Å².